The topological polar surface area (TPSA) is 56.0 Å². The maximum Gasteiger partial charge on any atom is 0.417 e. The molecule has 0 aliphatic heterocycles. The lowest BCUT2D eigenvalue weighted by atomic mass is 10.00. The number of Topliss-reactive ketones (excluding diaryl/α,β-unsaturated/α-hetero) is 1. The summed E-state index contributed by atoms with van der Waals surface area (Å²) in [7, 11) is 0. The summed E-state index contributed by atoms with van der Waals surface area (Å²) in [6.45, 7) is 1.63. The summed E-state index contributed by atoms with van der Waals surface area (Å²) in [5.74, 6) is -0.733. The highest BCUT2D eigenvalue weighted by molar-refractivity contribution is 6.01. The summed E-state index contributed by atoms with van der Waals surface area (Å²) in [5.41, 5.74) is 3.96. The molecule has 2 N–H and O–H groups in total. The zero-order valence-corrected chi connectivity index (χ0v) is 8.58. The van der Waals surface area contributed by atoms with E-state index in [2.05, 4.69) is 4.98 Å². The molecule has 1 heterocycles. The molecule has 1 aromatic rings. The van der Waals surface area contributed by atoms with Crippen LogP contribution >= 0.6 is 0 Å². The summed E-state index contributed by atoms with van der Waals surface area (Å²) in [5, 5.41) is 0. The van der Waals surface area contributed by atoms with Crippen molar-refractivity contribution in [2.75, 3.05) is 0 Å². The molecule has 0 fully saturated rings. The highest BCUT2D eigenvalue weighted by Crippen LogP contribution is 2.31. The first kappa shape index (κ1) is 12.6. The minimum Gasteiger partial charge on any atom is -0.321 e. The molecule has 0 saturated carbocycles. The van der Waals surface area contributed by atoms with E-state index in [0.717, 1.165) is 18.5 Å². The first-order valence-electron chi connectivity index (χ1n) is 4.69. The number of carbonyl (C=O) groups is 1. The molecule has 1 atom stereocenters. The zero-order chi connectivity index (χ0) is 12.3. The minimum absolute atomic E-state index is 0.283. The third-order valence-corrected chi connectivity index (χ3v) is 2.17. The summed E-state index contributed by atoms with van der Waals surface area (Å²) in [6.07, 6.45) is -2.38. The molecule has 6 heteroatoms. The Labute approximate surface area is 90.5 Å². The van der Waals surface area contributed by atoms with Crippen LogP contribution in [0.15, 0.2) is 18.5 Å². The van der Waals surface area contributed by atoms with E-state index in [1.54, 1.807) is 6.92 Å². The van der Waals surface area contributed by atoms with Gasteiger partial charge in [-0.25, -0.2) is 0 Å². The third-order valence-electron chi connectivity index (χ3n) is 2.17. The number of aromatic nitrogens is 1. The Morgan fingerprint density at radius 1 is 1.56 bits per heavy atom. The van der Waals surface area contributed by atoms with Crippen molar-refractivity contribution in [1.29, 1.82) is 0 Å². The number of ketones is 1. The Morgan fingerprint density at radius 3 is 2.69 bits per heavy atom. The van der Waals surface area contributed by atoms with Gasteiger partial charge in [-0.15, -0.1) is 0 Å². The van der Waals surface area contributed by atoms with Gasteiger partial charge in [0.05, 0.1) is 11.6 Å². The zero-order valence-electron chi connectivity index (χ0n) is 8.58. The van der Waals surface area contributed by atoms with Gasteiger partial charge in [-0.2, -0.15) is 13.2 Å². The van der Waals surface area contributed by atoms with Gasteiger partial charge in [0.2, 0.25) is 0 Å². The maximum absolute atomic E-state index is 12.6. The van der Waals surface area contributed by atoms with Gasteiger partial charge in [0.25, 0.3) is 0 Å². The van der Waals surface area contributed by atoms with Crippen LogP contribution in [0.4, 0.5) is 13.2 Å². The fourth-order valence-corrected chi connectivity index (χ4v) is 1.22. The van der Waals surface area contributed by atoms with Crippen LogP contribution in [-0.4, -0.2) is 16.8 Å². The van der Waals surface area contributed by atoms with Crippen LogP contribution in [0.5, 0.6) is 0 Å². The second kappa shape index (κ2) is 4.61. The first-order chi connectivity index (χ1) is 7.38. The Balaban J connectivity index is 3.19. The SMILES string of the molecule is CCC(N)C(=O)c1cnccc1C(F)(F)F. The molecule has 0 amide bonds. The molecular weight excluding hydrogens is 221 g/mol. The smallest absolute Gasteiger partial charge is 0.321 e. The number of nitrogens with zero attached hydrogens (tertiary/aromatic N) is 1. The predicted molar refractivity (Wildman–Crippen MR) is 51.8 cm³/mol. The van der Waals surface area contributed by atoms with Crippen molar-refractivity contribution in [2.24, 2.45) is 5.73 Å². The largest absolute Gasteiger partial charge is 0.417 e. The van der Waals surface area contributed by atoms with Crippen molar-refractivity contribution in [3.63, 3.8) is 0 Å². The number of hydrogen-bond donors (Lipinski definition) is 1. The number of alkyl halides is 3. The summed E-state index contributed by atoms with van der Waals surface area (Å²) >= 11 is 0. The van der Waals surface area contributed by atoms with E-state index in [-0.39, 0.29) is 6.42 Å². The van der Waals surface area contributed by atoms with Gasteiger partial charge in [0, 0.05) is 18.0 Å². The second-order valence-electron chi connectivity index (χ2n) is 3.30. The molecular formula is C10H11F3N2O. The van der Waals surface area contributed by atoms with Crippen LogP contribution in [0.1, 0.15) is 29.3 Å². The number of hydrogen-bond acceptors (Lipinski definition) is 3. The maximum atomic E-state index is 12.6. The lowest BCUT2D eigenvalue weighted by molar-refractivity contribution is -0.138. The number of nitrogens with two attached hydrogens (primary N) is 1. The average Bonchev–Trinajstić information content (AvgIpc) is 2.26. The fourth-order valence-electron chi connectivity index (χ4n) is 1.22. The monoisotopic (exact) mass is 232 g/mol. The Hall–Kier alpha value is -1.43. The van der Waals surface area contributed by atoms with E-state index in [0.29, 0.717) is 0 Å². The van der Waals surface area contributed by atoms with E-state index < -0.39 is 29.1 Å². The lowest BCUT2D eigenvalue weighted by Gasteiger charge is -2.13. The predicted octanol–water partition coefficient (Wildman–Crippen LogP) is 2.02. The molecule has 1 unspecified atom stereocenters. The van der Waals surface area contributed by atoms with Crippen molar-refractivity contribution in [1.82, 2.24) is 4.98 Å². The van der Waals surface area contributed by atoms with Gasteiger partial charge in [0.15, 0.2) is 5.78 Å². The van der Waals surface area contributed by atoms with Crippen molar-refractivity contribution in [2.45, 2.75) is 25.6 Å². The molecule has 0 spiro atoms. The minimum atomic E-state index is -4.57. The van der Waals surface area contributed by atoms with Crippen LogP contribution in [0.3, 0.4) is 0 Å². The van der Waals surface area contributed by atoms with Crippen LogP contribution in [-0.2, 0) is 6.18 Å². The molecule has 1 rings (SSSR count). The highest BCUT2D eigenvalue weighted by Gasteiger charge is 2.35. The van der Waals surface area contributed by atoms with Gasteiger partial charge in [-0.3, -0.25) is 9.78 Å². The molecule has 0 aliphatic rings. The van der Waals surface area contributed by atoms with Gasteiger partial charge < -0.3 is 5.73 Å². The fraction of sp³-hybridized carbons (Fsp3) is 0.400. The molecule has 0 radical (unpaired) electrons. The number of carbonyl (C=O) groups excluding carboxylic acids is 1. The van der Waals surface area contributed by atoms with Crippen molar-refractivity contribution < 1.29 is 18.0 Å². The Bertz CT molecular complexity index is 390. The molecule has 0 saturated heterocycles. The molecule has 88 valence electrons. The van der Waals surface area contributed by atoms with Crippen LogP contribution < -0.4 is 5.73 Å². The van der Waals surface area contributed by atoms with Gasteiger partial charge in [0.1, 0.15) is 0 Å². The molecule has 1 aromatic heterocycles. The van der Waals surface area contributed by atoms with Crippen LogP contribution in [0.25, 0.3) is 0 Å². The summed E-state index contributed by atoms with van der Waals surface area (Å²) in [6, 6.07) is -0.152. The van der Waals surface area contributed by atoms with Crippen LogP contribution in [0.2, 0.25) is 0 Å². The normalized spacial score (nSPS) is 13.6. The number of pyridine rings is 1. The van der Waals surface area contributed by atoms with E-state index >= 15 is 0 Å². The van der Waals surface area contributed by atoms with E-state index in [1.807, 2.05) is 0 Å². The lowest BCUT2D eigenvalue weighted by Crippen LogP contribution is -2.31. The summed E-state index contributed by atoms with van der Waals surface area (Å²) in [4.78, 5) is 15.1. The molecule has 0 bridgehead atoms. The van der Waals surface area contributed by atoms with Gasteiger partial charge in [-0.05, 0) is 12.5 Å². The van der Waals surface area contributed by atoms with Gasteiger partial charge in [-0.1, -0.05) is 6.92 Å². The standard InChI is InChI=1S/C10H11F3N2O/c1-2-8(14)9(16)6-5-15-4-3-7(6)10(11,12)13/h3-5,8H,2,14H2,1H3. The molecule has 0 aromatic carbocycles. The molecule has 0 aliphatic carbocycles. The average molecular weight is 232 g/mol. The van der Waals surface area contributed by atoms with E-state index in [1.165, 1.54) is 0 Å². The number of halogens is 3. The van der Waals surface area contributed by atoms with E-state index in [4.69, 9.17) is 5.73 Å². The Kier molecular flexibility index (Phi) is 3.64. The highest BCUT2D eigenvalue weighted by atomic mass is 19.4. The van der Waals surface area contributed by atoms with Gasteiger partial charge >= 0.3 is 6.18 Å². The number of rotatable bonds is 3. The van der Waals surface area contributed by atoms with Crippen LogP contribution in [0, 0.1) is 0 Å². The Morgan fingerprint density at radius 2 is 2.19 bits per heavy atom. The molecule has 16 heavy (non-hydrogen) atoms. The summed E-state index contributed by atoms with van der Waals surface area (Å²) < 4.78 is 37.7. The second-order valence-corrected chi connectivity index (χ2v) is 3.30. The third kappa shape index (κ3) is 2.57. The molecule has 3 nitrogen and oxygen atoms in total. The van der Waals surface area contributed by atoms with Crippen molar-refractivity contribution in [3.05, 3.63) is 29.6 Å². The first-order valence-corrected chi connectivity index (χ1v) is 4.69. The quantitative estimate of drug-likeness (QED) is 0.811. The van der Waals surface area contributed by atoms with E-state index in [9.17, 15) is 18.0 Å². The van der Waals surface area contributed by atoms with Crippen molar-refractivity contribution in [3.8, 4) is 0 Å². The van der Waals surface area contributed by atoms with Crippen molar-refractivity contribution >= 4 is 5.78 Å².